The second kappa shape index (κ2) is 6.87. The van der Waals surface area contributed by atoms with E-state index in [9.17, 15) is 14.3 Å². The Balaban J connectivity index is 1.99. The zero-order valence-corrected chi connectivity index (χ0v) is 12.7. The lowest BCUT2D eigenvalue weighted by Gasteiger charge is -2.37. The summed E-state index contributed by atoms with van der Waals surface area (Å²) in [5.74, 6) is -1.47. The fourth-order valence-corrected chi connectivity index (χ4v) is 3.26. The summed E-state index contributed by atoms with van der Waals surface area (Å²) in [5.41, 5.74) is 1.44. The van der Waals surface area contributed by atoms with Crippen LogP contribution in [0.25, 0.3) is 0 Å². The maximum absolute atomic E-state index is 14.4. The van der Waals surface area contributed by atoms with E-state index in [0.717, 1.165) is 18.5 Å². The number of piperidine rings is 1. The summed E-state index contributed by atoms with van der Waals surface area (Å²) in [6.45, 7) is 1.17. The molecule has 0 amide bonds. The number of hydrogen-bond donors (Lipinski definition) is 1. The Kier molecular flexibility index (Phi) is 4.67. The average Bonchev–Trinajstić information content (AvgIpc) is 2.58. The summed E-state index contributed by atoms with van der Waals surface area (Å²) in [7, 11) is 0. The van der Waals surface area contributed by atoms with Gasteiger partial charge in [-0.3, -0.25) is 14.7 Å². The summed E-state index contributed by atoms with van der Waals surface area (Å²) >= 11 is 0. The van der Waals surface area contributed by atoms with Gasteiger partial charge in [0.15, 0.2) is 0 Å². The highest BCUT2D eigenvalue weighted by atomic mass is 19.1. The third-order valence-electron chi connectivity index (χ3n) is 4.37. The van der Waals surface area contributed by atoms with Crippen LogP contribution < -0.4 is 0 Å². The van der Waals surface area contributed by atoms with E-state index in [0.29, 0.717) is 18.5 Å². The Hall–Kier alpha value is -2.27. The van der Waals surface area contributed by atoms with Gasteiger partial charge in [-0.05, 0) is 37.1 Å². The minimum Gasteiger partial charge on any atom is -0.481 e. The molecule has 23 heavy (non-hydrogen) atoms. The number of rotatable bonds is 4. The highest BCUT2D eigenvalue weighted by molar-refractivity contribution is 5.70. The number of nitrogens with zero attached hydrogens (tertiary/aromatic N) is 2. The van der Waals surface area contributed by atoms with Crippen LogP contribution in [0.1, 0.15) is 30.0 Å². The van der Waals surface area contributed by atoms with E-state index in [4.69, 9.17) is 0 Å². The molecular formula is C18H19FN2O2. The number of benzene rings is 1. The van der Waals surface area contributed by atoms with Gasteiger partial charge in [-0.2, -0.15) is 0 Å². The summed E-state index contributed by atoms with van der Waals surface area (Å²) < 4.78 is 14.4. The van der Waals surface area contributed by atoms with Gasteiger partial charge in [-0.25, -0.2) is 4.39 Å². The van der Waals surface area contributed by atoms with Gasteiger partial charge < -0.3 is 5.11 Å². The molecule has 0 saturated carbocycles. The molecule has 0 bridgehead atoms. The van der Waals surface area contributed by atoms with Crippen LogP contribution in [-0.2, 0) is 4.79 Å². The van der Waals surface area contributed by atoms with E-state index in [2.05, 4.69) is 9.88 Å². The first kappa shape index (κ1) is 15.6. The molecule has 2 aromatic rings. The zero-order valence-electron chi connectivity index (χ0n) is 12.7. The standard InChI is InChI=1S/C18H19FN2O2/c19-16-8-2-1-7-15(16)17(13-5-3-9-20-11-13)21-10-4-6-14(12-21)18(22)23/h1-3,5,7-9,11,14,17H,4,6,10,12H2,(H,22,23). The highest BCUT2D eigenvalue weighted by Gasteiger charge is 2.32. The number of halogens is 1. The van der Waals surface area contributed by atoms with E-state index in [1.807, 2.05) is 12.1 Å². The molecule has 1 fully saturated rings. The highest BCUT2D eigenvalue weighted by Crippen LogP contribution is 2.33. The van der Waals surface area contributed by atoms with Crippen molar-refractivity contribution in [2.45, 2.75) is 18.9 Å². The number of aromatic nitrogens is 1. The van der Waals surface area contributed by atoms with Crippen LogP contribution in [0.4, 0.5) is 4.39 Å². The SMILES string of the molecule is O=C(O)C1CCCN(C(c2cccnc2)c2ccccc2F)C1. The zero-order chi connectivity index (χ0) is 16.2. The maximum Gasteiger partial charge on any atom is 0.307 e. The molecule has 2 atom stereocenters. The Bertz CT molecular complexity index is 678. The Labute approximate surface area is 134 Å². The van der Waals surface area contributed by atoms with Gasteiger partial charge >= 0.3 is 5.97 Å². The molecule has 5 heteroatoms. The molecule has 120 valence electrons. The average molecular weight is 314 g/mol. The summed E-state index contributed by atoms with van der Waals surface area (Å²) in [4.78, 5) is 17.5. The van der Waals surface area contributed by atoms with Gasteiger partial charge in [-0.1, -0.05) is 24.3 Å². The molecule has 0 aliphatic carbocycles. The number of aliphatic carboxylic acids is 1. The van der Waals surface area contributed by atoms with E-state index in [1.54, 1.807) is 30.6 Å². The monoisotopic (exact) mass is 314 g/mol. The van der Waals surface area contributed by atoms with Crippen LogP contribution in [0.5, 0.6) is 0 Å². The molecule has 3 rings (SSSR count). The number of pyridine rings is 1. The third-order valence-corrected chi connectivity index (χ3v) is 4.37. The van der Waals surface area contributed by atoms with E-state index in [1.165, 1.54) is 6.07 Å². The summed E-state index contributed by atoms with van der Waals surface area (Å²) in [5, 5.41) is 9.32. The van der Waals surface area contributed by atoms with Crippen molar-refractivity contribution in [1.29, 1.82) is 0 Å². The fourth-order valence-electron chi connectivity index (χ4n) is 3.26. The number of carboxylic acids is 1. The first-order valence-corrected chi connectivity index (χ1v) is 7.78. The number of carbonyl (C=O) groups is 1. The van der Waals surface area contributed by atoms with Gasteiger partial charge in [0.1, 0.15) is 5.82 Å². The van der Waals surface area contributed by atoms with Gasteiger partial charge in [0.2, 0.25) is 0 Å². The predicted molar refractivity (Wildman–Crippen MR) is 84.4 cm³/mol. The molecule has 1 N–H and O–H groups in total. The van der Waals surface area contributed by atoms with Crippen molar-refractivity contribution in [2.24, 2.45) is 5.92 Å². The van der Waals surface area contributed by atoms with Crippen LogP contribution in [-0.4, -0.2) is 34.0 Å². The van der Waals surface area contributed by atoms with Crippen molar-refractivity contribution in [3.05, 3.63) is 65.7 Å². The van der Waals surface area contributed by atoms with Gasteiger partial charge in [0.05, 0.1) is 12.0 Å². The molecule has 1 aromatic carbocycles. The van der Waals surface area contributed by atoms with Crippen LogP contribution in [0.2, 0.25) is 0 Å². The number of likely N-dealkylation sites (tertiary alicyclic amines) is 1. The van der Waals surface area contributed by atoms with Crippen molar-refractivity contribution in [1.82, 2.24) is 9.88 Å². The summed E-state index contributed by atoms with van der Waals surface area (Å²) in [6.07, 6.45) is 4.87. The minimum atomic E-state index is -0.784. The molecule has 1 aliphatic heterocycles. The molecule has 1 aliphatic rings. The lowest BCUT2D eigenvalue weighted by Crippen LogP contribution is -2.41. The topological polar surface area (TPSA) is 53.4 Å². The number of carboxylic acid groups (broad SMARTS) is 1. The quantitative estimate of drug-likeness (QED) is 0.942. The lowest BCUT2D eigenvalue weighted by molar-refractivity contribution is -0.143. The normalized spacial score (nSPS) is 20.1. The van der Waals surface area contributed by atoms with Crippen LogP contribution in [0, 0.1) is 11.7 Å². The Morgan fingerprint density at radius 3 is 2.83 bits per heavy atom. The van der Waals surface area contributed by atoms with Crippen molar-refractivity contribution in [3.8, 4) is 0 Å². The molecule has 1 aromatic heterocycles. The molecule has 2 unspecified atom stereocenters. The molecule has 4 nitrogen and oxygen atoms in total. The third kappa shape index (κ3) is 3.40. The molecule has 2 heterocycles. The first-order chi connectivity index (χ1) is 11.2. The lowest BCUT2D eigenvalue weighted by atomic mass is 9.92. The minimum absolute atomic E-state index is 0.279. The van der Waals surface area contributed by atoms with Crippen molar-refractivity contribution in [2.75, 3.05) is 13.1 Å². The van der Waals surface area contributed by atoms with Crippen LogP contribution in [0.3, 0.4) is 0 Å². The molecule has 1 saturated heterocycles. The maximum atomic E-state index is 14.4. The van der Waals surface area contributed by atoms with Crippen LogP contribution >= 0.6 is 0 Å². The van der Waals surface area contributed by atoms with Crippen LogP contribution in [0.15, 0.2) is 48.8 Å². The van der Waals surface area contributed by atoms with Gasteiger partial charge in [0.25, 0.3) is 0 Å². The van der Waals surface area contributed by atoms with Crippen molar-refractivity contribution < 1.29 is 14.3 Å². The molecule has 0 radical (unpaired) electrons. The second-order valence-corrected chi connectivity index (χ2v) is 5.88. The van der Waals surface area contributed by atoms with E-state index in [-0.39, 0.29) is 11.9 Å². The van der Waals surface area contributed by atoms with Gasteiger partial charge in [-0.15, -0.1) is 0 Å². The number of hydrogen-bond acceptors (Lipinski definition) is 3. The predicted octanol–water partition coefficient (Wildman–Crippen LogP) is 3.11. The smallest absolute Gasteiger partial charge is 0.307 e. The van der Waals surface area contributed by atoms with Crippen molar-refractivity contribution >= 4 is 5.97 Å². The summed E-state index contributed by atoms with van der Waals surface area (Å²) in [6, 6.07) is 10.1. The molecule has 0 spiro atoms. The molecular weight excluding hydrogens is 295 g/mol. The first-order valence-electron chi connectivity index (χ1n) is 7.78. The van der Waals surface area contributed by atoms with E-state index < -0.39 is 11.9 Å². The Morgan fingerprint density at radius 2 is 2.13 bits per heavy atom. The fraction of sp³-hybridized carbons (Fsp3) is 0.333. The van der Waals surface area contributed by atoms with E-state index >= 15 is 0 Å². The van der Waals surface area contributed by atoms with Crippen molar-refractivity contribution in [3.63, 3.8) is 0 Å². The van der Waals surface area contributed by atoms with Gasteiger partial charge in [0, 0.05) is 24.5 Å². The second-order valence-electron chi connectivity index (χ2n) is 5.88. The largest absolute Gasteiger partial charge is 0.481 e. The Morgan fingerprint density at radius 1 is 1.30 bits per heavy atom.